The van der Waals surface area contributed by atoms with Gasteiger partial charge in [-0.3, -0.25) is 23.4 Å². The first-order valence-corrected chi connectivity index (χ1v) is 12.0. The Morgan fingerprint density at radius 3 is 2.40 bits per heavy atom. The molecule has 0 amide bonds. The molecule has 1 aromatic rings. The Morgan fingerprint density at radius 2 is 1.83 bits per heavy atom. The molecule has 166 valence electrons. The van der Waals surface area contributed by atoms with Crippen molar-refractivity contribution < 1.29 is 85.8 Å². The summed E-state index contributed by atoms with van der Waals surface area (Å²) in [6.07, 6.45) is -2.71. The second-order valence-electron chi connectivity index (χ2n) is 5.78. The average molecular weight is 504 g/mol. The molecule has 0 radical (unpaired) electrons. The molecular weight excluding hydrogens is 488 g/mol. The first-order valence-electron chi connectivity index (χ1n) is 7.51. The van der Waals surface area contributed by atoms with Crippen LogP contribution in [0.5, 0.6) is 0 Å². The van der Waals surface area contributed by atoms with Crippen molar-refractivity contribution >= 4 is 23.5 Å². The summed E-state index contributed by atoms with van der Waals surface area (Å²) in [4.78, 5) is 62.4. The number of phosphoric ester groups is 1. The van der Waals surface area contributed by atoms with Crippen LogP contribution in [-0.4, -0.2) is 48.2 Å². The number of aromatic amines is 1. The molecule has 1 fully saturated rings. The predicted molar refractivity (Wildman–Crippen MR) is 88.2 cm³/mol. The maximum absolute atomic E-state index is 11.8. The molecule has 6 atom stereocenters. The molecule has 2 rings (SSSR count). The SMILES string of the molecule is Cc1cn(C2CC(O)C(COP(=O)(O)OP(=O)(O)OP(=O)([O-])O)O2)c(=O)[nH]c1=O.[Na+]. The van der Waals surface area contributed by atoms with E-state index >= 15 is 0 Å². The molecule has 20 heteroatoms. The maximum atomic E-state index is 11.8. The number of aliphatic hydroxyl groups excluding tert-OH is 1. The summed E-state index contributed by atoms with van der Waals surface area (Å²) >= 11 is 0. The van der Waals surface area contributed by atoms with Gasteiger partial charge < -0.3 is 29.4 Å². The van der Waals surface area contributed by atoms with Crippen LogP contribution in [0.4, 0.5) is 0 Å². The van der Waals surface area contributed by atoms with Gasteiger partial charge in [0, 0.05) is 18.2 Å². The third kappa shape index (κ3) is 8.17. The normalized spacial score (nSPS) is 27.5. The van der Waals surface area contributed by atoms with Gasteiger partial charge in [-0.25, -0.2) is 18.2 Å². The van der Waals surface area contributed by atoms with E-state index in [1.165, 1.54) is 13.1 Å². The average Bonchev–Trinajstić information content (AvgIpc) is 2.86. The maximum Gasteiger partial charge on any atom is 1.00 e. The Labute approximate surface area is 189 Å². The zero-order valence-corrected chi connectivity index (χ0v) is 20.1. The number of aryl methyl sites for hydroxylation is 1. The zero-order chi connectivity index (χ0) is 22.2. The molecule has 0 spiro atoms. The number of hydrogen-bond donors (Lipinski definition) is 5. The van der Waals surface area contributed by atoms with E-state index in [0.29, 0.717) is 0 Å². The standard InChI is InChI=1S/C10H17N2O14P3.Na/c1-5-3-12(10(15)11-9(5)14)8-2-6(13)7(24-8)4-23-28(19,20)26-29(21,22)25-27(16,17)18;/h3,6-8,13H,2,4H2,1H3,(H,19,20)(H,21,22)(H,11,14,15)(H2,16,17,18);/q;+1/p-1. The topological polar surface area (TPSA) is 247 Å². The van der Waals surface area contributed by atoms with Gasteiger partial charge in [0.2, 0.25) is 0 Å². The van der Waals surface area contributed by atoms with Crippen molar-refractivity contribution in [2.24, 2.45) is 0 Å². The number of nitrogens with zero attached hydrogens (tertiary/aromatic N) is 1. The van der Waals surface area contributed by atoms with Crippen molar-refractivity contribution in [1.82, 2.24) is 9.55 Å². The van der Waals surface area contributed by atoms with Gasteiger partial charge in [0.25, 0.3) is 13.4 Å². The molecule has 1 aliphatic heterocycles. The van der Waals surface area contributed by atoms with E-state index in [-0.39, 0.29) is 41.5 Å². The summed E-state index contributed by atoms with van der Waals surface area (Å²) in [5.74, 6) is 0. The minimum absolute atomic E-state index is 0. The summed E-state index contributed by atoms with van der Waals surface area (Å²) in [5.41, 5.74) is -1.28. The Morgan fingerprint density at radius 1 is 1.23 bits per heavy atom. The summed E-state index contributed by atoms with van der Waals surface area (Å²) in [5, 5.41) is 9.97. The molecule has 0 bridgehead atoms. The number of aliphatic hydroxyl groups is 1. The number of ether oxygens (including phenoxy) is 1. The number of phosphoric acid groups is 3. The van der Waals surface area contributed by atoms with E-state index < -0.39 is 59.8 Å². The van der Waals surface area contributed by atoms with E-state index in [1.807, 2.05) is 4.98 Å². The van der Waals surface area contributed by atoms with Crippen LogP contribution in [0.25, 0.3) is 0 Å². The second kappa shape index (κ2) is 10.3. The monoisotopic (exact) mass is 504 g/mol. The molecule has 30 heavy (non-hydrogen) atoms. The predicted octanol–water partition coefficient (Wildman–Crippen LogP) is -4.79. The molecule has 16 nitrogen and oxygen atoms in total. The van der Waals surface area contributed by atoms with Crippen LogP contribution in [-0.2, 0) is 31.6 Å². The molecule has 6 unspecified atom stereocenters. The van der Waals surface area contributed by atoms with E-state index in [2.05, 4.69) is 13.1 Å². The number of nitrogens with one attached hydrogen (secondary N) is 1. The van der Waals surface area contributed by atoms with Crippen molar-refractivity contribution in [1.29, 1.82) is 0 Å². The fraction of sp³-hybridized carbons (Fsp3) is 0.600. The van der Waals surface area contributed by atoms with Crippen LogP contribution in [0.15, 0.2) is 15.8 Å². The van der Waals surface area contributed by atoms with Gasteiger partial charge >= 0.3 is 50.9 Å². The molecule has 1 aromatic heterocycles. The molecule has 0 aliphatic carbocycles. The zero-order valence-electron chi connectivity index (χ0n) is 15.4. The van der Waals surface area contributed by atoms with Crippen molar-refractivity contribution in [2.75, 3.05) is 6.61 Å². The van der Waals surface area contributed by atoms with Crippen LogP contribution >= 0.6 is 23.5 Å². The Bertz CT molecular complexity index is 1020. The third-order valence-corrected chi connectivity index (χ3v) is 7.25. The van der Waals surface area contributed by atoms with Crippen LogP contribution in [0.1, 0.15) is 18.2 Å². The molecule has 1 aliphatic rings. The van der Waals surface area contributed by atoms with E-state index in [9.17, 15) is 38.2 Å². The van der Waals surface area contributed by atoms with E-state index in [4.69, 9.17) is 14.5 Å². The number of aromatic nitrogens is 2. The van der Waals surface area contributed by atoms with Crippen LogP contribution in [0, 0.1) is 6.92 Å². The minimum Gasteiger partial charge on any atom is -0.756 e. The van der Waals surface area contributed by atoms with Crippen molar-refractivity contribution in [3.63, 3.8) is 0 Å². The van der Waals surface area contributed by atoms with E-state index in [1.54, 1.807) is 0 Å². The van der Waals surface area contributed by atoms with Crippen molar-refractivity contribution in [2.45, 2.75) is 31.8 Å². The second-order valence-corrected chi connectivity index (χ2v) is 10.2. The van der Waals surface area contributed by atoms with E-state index in [0.717, 1.165) is 4.57 Å². The minimum atomic E-state index is -5.78. The summed E-state index contributed by atoms with van der Waals surface area (Å²) in [7, 11) is -16.9. The van der Waals surface area contributed by atoms with Gasteiger partial charge in [-0.05, 0) is 6.92 Å². The summed E-state index contributed by atoms with van der Waals surface area (Å²) in [6, 6.07) is 0. The summed E-state index contributed by atoms with van der Waals surface area (Å²) in [6.45, 7) is 0.527. The molecule has 0 saturated carbocycles. The summed E-state index contributed by atoms with van der Waals surface area (Å²) < 4.78 is 50.9. The Hall–Kier alpha value is 0.01000. The molecule has 1 saturated heterocycles. The fourth-order valence-electron chi connectivity index (χ4n) is 2.30. The number of H-pyrrole nitrogens is 1. The van der Waals surface area contributed by atoms with Crippen LogP contribution in [0.3, 0.4) is 0 Å². The first kappa shape index (κ1) is 28.0. The number of hydrogen-bond acceptors (Lipinski definition) is 11. The quantitative estimate of drug-likeness (QED) is 0.165. The van der Waals surface area contributed by atoms with Crippen molar-refractivity contribution in [3.05, 3.63) is 32.6 Å². The smallest absolute Gasteiger partial charge is 0.756 e. The van der Waals surface area contributed by atoms with Crippen molar-refractivity contribution in [3.8, 4) is 0 Å². The van der Waals surface area contributed by atoms with Crippen LogP contribution in [0.2, 0.25) is 0 Å². The molecular formula is C10H16N2NaO14P3. The third-order valence-electron chi connectivity index (χ3n) is 3.47. The van der Waals surface area contributed by atoms with Gasteiger partial charge in [-0.2, -0.15) is 4.31 Å². The van der Waals surface area contributed by atoms with Gasteiger partial charge in [-0.1, -0.05) is 0 Å². The van der Waals surface area contributed by atoms with Gasteiger partial charge in [0.15, 0.2) is 0 Å². The van der Waals surface area contributed by atoms with Gasteiger partial charge in [-0.15, -0.1) is 0 Å². The fourth-order valence-corrected chi connectivity index (χ4v) is 5.30. The molecule has 5 N–H and O–H groups in total. The Balaban J connectivity index is 0.00000450. The van der Waals surface area contributed by atoms with Crippen LogP contribution < -0.4 is 45.7 Å². The molecule has 2 heterocycles. The largest absolute Gasteiger partial charge is 1.00 e. The molecule has 0 aromatic carbocycles. The first-order chi connectivity index (χ1) is 13.1. The number of rotatable bonds is 8. The van der Waals surface area contributed by atoms with Gasteiger partial charge in [0.1, 0.15) is 12.3 Å². The Kier molecular flexibility index (Phi) is 9.63. The van der Waals surface area contributed by atoms with Gasteiger partial charge in [0.05, 0.1) is 12.7 Å².